The lowest BCUT2D eigenvalue weighted by molar-refractivity contribution is -0.130. The number of hydrogen-bond acceptors (Lipinski definition) is 2. The maximum Gasteiger partial charge on any atom is 0.224 e. The molecule has 3 nitrogen and oxygen atoms in total. The summed E-state index contributed by atoms with van der Waals surface area (Å²) in [5, 5.41) is 4.71. The summed E-state index contributed by atoms with van der Waals surface area (Å²) in [5.74, 6) is 0.186. The molecule has 2 aliphatic heterocycles. The molecule has 0 saturated carbocycles. The Morgan fingerprint density at radius 3 is 3.00 bits per heavy atom. The summed E-state index contributed by atoms with van der Waals surface area (Å²) < 4.78 is 0. The molecule has 3 rings (SSSR count). The Kier molecular flexibility index (Phi) is 2.58. The number of carbonyl (C=O) groups is 1. The van der Waals surface area contributed by atoms with Crippen LogP contribution in [0.4, 0.5) is 0 Å². The van der Waals surface area contributed by atoms with Gasteiger partial charge in [-0.25, -0.2) is 0 Å². The highest BCUT2D eigenvalue weighted by molar-refractivity contribution is 6.33. The average Bonchev–Trinajstić information content (AvgIpc) is 2.85. The number of rotatable bonds is 1. The van der Waals surface area contributed by atoms with Crippen molar-refractivity contribution in [1.82, 2.24) is 10.2 Å². The average molecular weight is 271 g/mol. The van der Waals surface area contributed by atoms with E-state index < -0.39 is 5.66 Å². The van der Waals surface area contributed by atoms with Crippen LogP contribution < -0.4 is 5.32 Å². The Bertz CT molecular complexity index is 491. The second-order valence-electron chi connectivity index (χ2n) is 4.46. The molecular weight excluding hydrogens is 259 g/mol. The van der Waals surface area contributed by atoms with Gasteiger partial charge in [-0.15, -0.1) is 0 Å². The molecule has 0 aromatic heterocycles. The van der Waals surface area contributed by atoms with Crippen molar-refractivity contribution in [2.45, 2.75) is 18.5 Å². The molecule has 1 unspecified atom stereocenters. The molecule has 2 heterocycles. The summed E-state index contributed by atoms with van der Waals surface area (Å²) in [6.07, 6.45) is 1.32. The van der Waals surface area contributed by atoms with Crippen LogP contribution in [0.2, 0.25) is 10.0 Å². The zero-order valence-corrected chi connectivity index (χ0v) is 10.7. The van der Waals surface area contributed by atoms with Crippen molar-refractivity contribution in [1.29, 1.82) is 0 Å². The maximum absolute atomic E-state index is 11.8. The van der Waals surface area contributed by atoms with Gasteiger partial charge in [0.1, 0.15) is 5.66 Å². The zero-order chi connectivity index (χ0) is 12.0. The van der Waals surface area contributed by atoms with E-state index in [1.54, 1.807) is 12.1 Å². The summed E-state index contributed by atoms with van der Waals surface area (Å²) in [5.41, 5.74) is 0.481. The van der Waals surface area contributed by atoms with Gasteiger partial charge in [-0.1, -0.05) is 23.2 Å². The number of hydrogen-bond donors (Lipinski definition) is 1. The molecule has 2 saturated heterocycles. The highest BCUT2D eigenvalue weighted by Gasteiger charge is 2.50. The molecule has 1 atom stereocenters. The molecule has 2 aliphatic rings. The van der Waals surface area contributed by atoms with Crippen LogP contribution in [0.1, 0.15) is 18.4 Å². The minimum Gasteiger partial charge on any atom is -0.319 e. The Balaban J connectivity index is 2.13. The fourth-order valence-electron chi connectivity index (χ4n) is 2.83. The fourth-order valence-corrected chi connectivity index (χ4v) is 3.28. The lowest BCUT2D eigenvalue weighted by Gasteiger charge is -2.33. The Morgan fingerprint density at radius 2 is 2.18 bits per heavy atom. The van der Waals surface area contributed by atoms with E-state index in [0.29, 0.717) is 16.5 Å². The highest BCUT2D eigenvalue weighted by Crippen LogP contribution is 2.43. The van der Waals surface area contributed by atoms with Gasteiger partial charge in [0, 0.05) is 35.1 Å². The van der Waals surface area contributed by atoms with E-state index in [1.165, 1.54) is 0 Å². The van der Waals surface area contributed by atoms with Gasteiger partial charge in [0.15, 0.2) is 0 Å². The molecule has 1 aromatic rings. The van der Waals surface area contributed by atoms with Crippen molar-refractivity contribution in [2.75, 3.05) is 13.1 Å². The van der Waals surface area contributed by atoms with E-state index in [1.807, 2.05) is 11.0 Å². The van der Waals surface area contributed by atoms with Crippen LogP contribution in [0.15, 0.2) is 18.2 Å². The summed E-state index contributed by atoms with van der Waals surface area (Å²) in [7, 11) is 0. The molecule has 0 bridgehead atoms. The Labute approximate surface area is 110 Å². The third-order valence-corrected chi connectivity index (χ3v) is 4.15. The molecular formula is C12H12Cl2N2O. The predicted molar refractivity (Wildman–Crippen MR) is 67.1 cm³/mol. The highest BCUT2D eigenvalue weighted by atomic mass is 35.5. The van der Waals surface area contributed by atoms with E-state index in [2.05, 4.69) is 5.32 Å². The van der Waals surface area contributed by atoms with Gasteiger partial charge in [-0.3, -0.25) is 10.1 Å². The van der Waals surface area contributed by atoms with Crippen molar-refractivity contribution in [3.8, 4) is 0 Å². The standard InChI is InChI=1S/C12H12Cl2N2O/c13-8-1-2-10(14)9(7-8)12-4-3-11(17)16(12)6-5-15-12/h1-2,7,15H,3-6H2. The first kappa shape index (κ1) is 11.3. The Hall–Kier alpha value is -0.770. The van der Waals surface area contributed by atoms with E-state index >= 15 is 0 Å². The molecule has 0 spiro atoms. The SMILES string of the molecule is O=C1CCC2(c3cc(Cl)ccc3Cl)NCCN12. The molecule has 2 fully saturated rings. The molecule has 17 heavy (non-hydrogen) atoms. The van der Waals surface area contributed by atoms with Gasteiger partial charge >= 0.3 is 0 Å². The summed E-state index contributed by atoms with van der Waals surface area (Å²) in [6.45, 7) is 1.54. The van der Waals surface area contributed by atoms with Gasteiger partial charge in [0.05, 0.1) is 0 Å². The van der Waals surface area contributed by atoms with Gasteiger partial charge < -0.3 is 4.90 Å². The number of halogens is 2. The first-order chi connectivity index (χ1) is 8.13. The van der Waals surface area contributed by atoms with Gasteiger partial charge in [0.2, 0.25) is 5.91 Å². The number of carbonyl (C=O) groups excluding carboxylic acids is 1. The second-order valence-corrected chi connectivity index (χ2v) is 5.30. The number of fused-ring (bicyclic) bond motifs is 1. The minimum absolute atomic E-state index is 0.186. The summed E-state index contributed by atoms with van der Waals surface area (Å²) >= 11 is 12.3. The van der Waals surface area contributed by atoms with Gasteiger partial charge in [0.25, 0.3) is 0 Å². The van der Waals surface area contributed by atoms with Crippen molar-refractivity contribution in [3.05, 3.63) is 33.8 Å². The fraction of sp³-hybridized carbons (Fsp3) is 0.417. The van der Waals surface area contributed by atoms with Crippen molar-refractivity contribution in [2.24, 2.45) is 0 Å². The van der Waals surface area contributed by atoms with Crippen LogP contribution in [-0.2, 0) is 10.5 Å². The van der Waals surface area contributed by atoms with Crippen LogP contribution in [0.3, 0.4) is 0 Å². The first-order valence-electron chi connectivity index (χ1n) is 5.64. The number of nitrogens with zero attached hydrogens (tertiary/aromatic N) is 1. The quantitative estimate of drug-likeness (QED) is 0.850. The molecule has 1 aromatic carbocycles. The molecule has 90 valence electrons. The monoisotopic (exact) mass is 270 g/mol. The van der Waals surface area contributed by atoms with E-state index in [9.17, 15) is 4.79 Å². The predicted octanol–water partition coefficient (Wildman–Crippen LogP) is 2.37. The van der Waals surface area contributed by atoms with Crippen LogP contribution in [0.5, 0.6) is 0 Å². The van der Waals surface area contributed by atoms with E-state index in [4.69, 9.17) is 23.2 Å². The minimum atomic E-state index is -0.431. The second kappa shape index (κ2) is 3.87. The molecule has 0 radical (unpaired) electrons. The van der Waals surface area contributed by atoms with Crippen LogP contribution in [-0.4, -0.2) is 23.9 Å². The third-order valence-electron chi connectivity index (χ3n) is 3.59. The normalized spacial score (nSPS) is 27.6. The lowest BCUT2D eigenvalue weighted by atomic mass is 9.97. The number of benzene rings is 1. The van der Waals surface area contributed by atoms with Crippen molar-refractivity contribution < 1.29 is 4.79 Å². The van der Waals surface area contributed by atoms with Crippen LogP contribution >= 0.6 is 23.2 Å². The van der Waals surface area contributed by atoms with Crippen molar-refractivity contribution in [3.63, 3.8) is 0 Å². The smallest absolute Gasteiger partial charge is 0.224 e. The Morgan fingerprint density at radius 1 is 1.35 bits per heavy atom. The van der Waals surface area contributed by atoms with E-state index in [0.717, 1.165) is 25.1 Å². The molecule has 1 amide bonds. The first-order valence-corrected chi connectivity index (χ1v) is 6.40. The zero-order valence-electron chi connectivity index (χ0n) is 9.17. The number of nitrogens with one attached hydrogen (secondary N) is 1. The molecule has 0 aliphatic carbocycles. The summed E-state index contributed by atoms with van der Waals surface area (Å²) in [4.78, 5) is 13.7. The third kappa shape index (κ3) is 1.57. The van der Waals surface area contributed by atoms with Gasteiger partial charge in [-0.2, -0.15) is 0 Å². The van der Waals surface area contributed by atoms with Crippen LogP contribution in [0.25, 0.3) is 0 Å². The molecule has 1 N–H and O–H groups in total. The lowest BCUT2D eigenvalue weighted by Crippen LogP contribution is -2.45. The van der Waals surface area contributed by atoms with Crippen LogP contribution in [0, 0.1) is 0 Å². The van der Waals surface area contributed by atoms with E-state index in [-0.39, 0.29) is 5.91 Å². The number of amides is 1. The maximum atomic E-state index is 11.8. The largest absolute Gasteiger partial charge is 0.319 e. The van der Waals surface area contributed by atoms with Crippen molar-refractivity contribution >= 4 is 29.1 Å². The molecule has 5 heteroatoms. The summed E-state index contributed by atoms with van der Waals surface area (Å²) in [6, 6.07) is 5.41. The topological polar surface area (TPSA) is 32.3 Å². The van der Waals surface area contributed by atoms with Gasteiger partial charge in [-0.05, 0) is 24.6 Å².